The fourth-order valence-electron chi connectivity index (χ4n) is 0.506. The first-order valence-electron chi connectivity index (χ1n) is 2.85. The summed E-state index contributed by atoms with van der Waals surface area (Å²) < 4.78 is 10.00. The Bertz CT molecular complexity index is 68.0. The molecule has 1 unspecified atom stereocenters. The van der Waals surface area contributed by atoms with Crippen LogP contribution in [0.15, 0.2) is 0 Å². The summed E-state index contributed by atoms with van der Waals surface area (Å²) in [5.74, 6) is 0. The molecule has 1 radical (unpaired) electrons. The van der Waals surface area contributed by atoms with Crippen molar-refractivity contribution in [2.45, 2.75) is 18.3 Å². The van der Waals surface area contributed by atoms with Crippen LogP contribution in [0.5, 0.6) is 0 Å². The Hall–Kier alpha value is 0.427. The Labute approximate surface area is 63.0 Å². The molecule has 0 aromatic carbocycles. The summed E-state index contributed by atoms with van der Waals surface area (Å²) in [5.41, 5.74) is 0. The highest BCUT2D eigenvalue weighted by molar-refractivity contribution is 6.59. The molecule has 0 fully saturated rings. The molecule has 0 saturated carbocycles. The Balaban J connectivity index is 3.50. The van der Waals surface area contributed by atoms with E-state index in [9.17, 15) is 0 Å². The fourth-order valence-corrected chi connectivity index (χ4v) is 2.05. The lowest BCUT2D eigenvalue weighted by Gasteiger charge is -2.12. The van der Waals surface area contributed by atoms with Crippen molar-refractivity contribution >= 4 is 20.9 Å². The van der Waals surface area contributed by atoms with Gasteiger partial charge >= 0.3 is 9.28 Å². The molecule has 2 nitrogen and oxygen atoms in total. The number of hydrogen-bond donors (Lipinski definition) is 0. The summed E-state index contributed by atoms with van der Waals surface area (Å²) in [6.45, 7) is 2.01. The van der Waals surface area contributed by atoms with Crippen LogP contribution in [0.3, 0.4) is 0 Å². The van der Waals surface area contributed by atoms with E-state index in [-0.39, 0.29) is 5.00 Å². The van der Waals surface area contributed by atoms with Crippen molar-refractivity contribution in [3.05, 3.63) is 0 Å². The lowest BCUT2D eigenvalue weighted by Crippen LogP contribution is -2.30. The van der Waals surface area contributed by atoms with Crippen molar-refractivity contribution in [3.8, 4) is 0 Å². The molecule has 0 aliphatic rings. The molecular formula is C5H12ClO2Si. The average molecular weight is 168 g/mol. The van der Waals surface area contributed by atoms with Crippen LogP contribution in [0.4, 0.5) is 0 Å². The molecule has 4 heteroatoms. The Morgan fingerprint density at radius 1 is 1.44 bits per heavy atom. The maximum Gasteiger partial charge on any atom is 0.403 e. The van der Waals surface area contributed by atoms with Gasteiger partial charge in [-0.05, 0) is 6.42 Å². The Morgan fingerprint density at radius 2 is 1.89 bits per heavy atom. The largest absolute Gasteiger partial charge is 0.403 e. The molecule has 0 amide bonds. The number of hydrogen-bond acceptors (Lipinski definition) is 2. The van der Waals surface area contributed by atoms with E-state index in [0.717, 1.165) is 6.42 Å². The van der Waals surface area contributed by atoms with Crippen molar-refractivity contribution in [1.29, 1.82) is 0 Å². The molecule has 0 aliphatic carbocycles. The van der Waals surface area contributed by atoms with Crippen LogP contribution in [0.1, 0.15) is 13.3 Å². The van der Waals surface area contributed by atoms with Crippen LogP contribution >= 0.6 is 11.6 Å². The van der Waals surface area contributed by atoms with E-state index < -0.39 is 9.28 Å². The van der Waals surface area contributed by atoms with Crippen LogP contribution in [0, 0.1) is 0 Å². The Kier molecular flexibility index (Phi) is 5.48. The average Bonchev–Trinajstić information content (AvgIpc) is 1.90. The quantitative estimate of drug-likeness (QED) is 0.465. The van der Waals surface area contributed by atoms with Gasteiger partial charge in [-0.15, -0.1) is 11.6 Å². The van der Waals surface area contributed by atoms with E-state index in [1.807, 2.05) is 6.92 Å². The molecule has 0 rings (SSSR count). The van der Waals surface area contributed by atoms with Gasteiger partial charge in [0.05, 0.1) is 5.00 Å². The van der Waals surface area contributed by atoms with E-state index in [4.69, 9.17) is 20.5 Å². The molecule has 0 saturated heterocycles. The predicted molar refractivity (Wildman–Crippen MR) is 39.7 cm³/mol. The molecule has 1 atom stereocenters. The molecule has 55 valence electrons. The molecule has 0 N–H and O–H groups in total. The lowest BCUT2D eigenvalue weighted by atomic mass is 10.6. The predicted octanol–water partition coefficient (Wildman–Crippen LogP) is 1.32. The maximum absolute atomic E-state index is 5.83. The highest BCUT2D eigenvalue weighted by atomic mass is 35.5. The number of rotatable bonds is 4. The third kappa shape index (κ3) is 3.20. The van der Waals surface area contributed by atoms with Gasteiger partial charge in [-0.1, -0.05) is 6.92 Å². The summed E-state index contributed by atoms with van der Waals surface area (Å²) in [6.07, 6.45) is 0.900. The van der Waals surface area contributed by atoms with Crippen molar-refractivity contribution < 1.29 is 8.85 Å². The van der Waals surface area contributed by atoms with Gasteiger partial charge in [0.25, 0.3) is 0 Å². The van der Waals surface area contributed by atoms with Crippen LogP contribution in [-0.2, 0) is 8.85 Å². The first kappa shape index (κ1) is 9.43. The van der Waals surface area contributed by atoms with Gasteiger partial charge in [-0.25, -0.2) is 0 Å². The Morgan fingerprint density at radius 3 is 2.00 bits per heavy atom. The first-order valence-corrected chi connectivity index (χ1v) is 4.68. The topological polar surface area (TPSA) is 18.5 Å². The monoisotopic (exact) mass is 167 g/mol. The lowest BCUT2D eigenvalue weighted by molar-refractivity contribution is 0.274. The van der Waals surface area contributed by atoms with Gasteiger partial charge in [-0.3, -0.25) is 0 Å². The van der Waals surface area contributed by atoms with Gasteiger partial charge in [0.2, 0.25) is 0 Å². The van der Waals surface area contributed by atoms with Gasteiger partial charge in [-0.2, -0.15) is 0 Å². The highest BCUT2D eigenvalue weighted by Crippen LogP contribution is 2.06. The van der Waals surface area contributed by atoms with Gasteiger partial charge in [0.15, 0.2) is 0 Å². The molecule has 0 heterocycles. The molecule has 0 aromatic rings. The summed E-state index contributed by atoms with van der Waals surface area (Å²) >= 11 is 5.83. The summed E-state index contributed by atoms with van der Waals surface area (Å²) in [4.78, 5) is 0. The van der Waals surface area contributed by atoms with E-state index in [0.29, 0.717) is 0 Å². The molecule has 0 aromatic heterocycles. The molecule has 0 bridgehead atoms. The van der Waals surface area contributed by atoms with E-state index >= 15 is 0 Å². The molecular weight excluding hydrogens is 156 g/mol. The highest BCUT2D eigenvalue weighted by Gasteiger charge is 2.21. The zero-order chi connectivity index (χ0) is 7.28. The minimum atomic E-state index is -1.19. The molecule has 0 aliphatic heterocycles. The molecule has 9 heavy (non-hydrogen) atoms. The van der Waals surface area contributed by atoms with E-state index in [1.165, 1.54) is 0 Å². The third-order valence-electron chi connectivity index (χ3n) is 1.02. The van der Waals surface area contributed by atoms with Crippen molar-refractivity contribution in [3.63, 3.8) is 0 Å². The van der Waals surface area contributed by atoms with Crippen molar-refractivity contribution in [2.75, 3.05) is 14.2 Å². The fraction of sp³-hybridized carbons (Fsp3) is 1.00. The second-order valence-corrected chi connectivity index (χ2v) is 4.65. The summed E-state index contributed by atoms with van der Waals surface area (Å²) in [7, 11) is 2.07. The summed E-state index contributed by atoms with van der Waals surface area (Å²) in [5, 5.41) is 0.0602. The molecule has 0 spiro atoms. The number of alkyl halides is 1. The maximum atomic E-state index is 5.83. The second kappa shape index (κ2) is 5.23. The third-order valence-corrected chi connectivity index (χ3v) is 3.58. The van der Waals surface area contributed by atoms with E-state index in [2.05, 4.69) is 0 Å². The van der Waals surface area contributed by atoms with Crippen LogP contribution in [-0.4, -0.2) is 28.5 Å². The van der Waals surface area contributed by atoms with E-state index in [1.54, 1.807) is 14.2 Å². The SMILES string of the molecule is CCC(Cl)[Si](OC)OC. The normalized spacial score (nSPS) is 14.3. The van der Waals surface area contributed by atoms with Crippen molar-refractivity contribution in [2.24, 2.45) is 0 Å². The summed E-state index contributed by atoms with van der Waals surface area (Å²) in [6, 6.07) is 0. The zero-order valence-electron chi connectivity index (χ0n) is 5.98. The van der Waals surface area contributed by atoms with Crippen molar-refractivity contribution in [1.82, 2.24) is 0 Å². The second-order valence-electron chi connectivity index (χ2n) is 1.60. The minimum absolute atomic E-state index is 0.0602. The minimum Gasteiger partial charge on any atom is -0.396 e. The zero-order valence-corrected chi connectivity index (χ0v) is 7.73. The van der Waals surface area contributed by atoms with Gasteiger partial charge in [0, 0.05) is 14.2 Å². The van der Waals surface area contributed by atoms with Gasteiger partial charge < -0.3 is 8.85 Å². The standard InChI is InChI=1S/C5H12ClO2Si/c1-4-5(6)9(7-2)8-3/h5H,4H2,1-3H3. The number of halogens is 1. The van der Waals surface area contributed by atoms with Crippen LogP contribution < -0.4 is 0 Å². The van der Waals surface area contributed by atoms with Crippen LogP contribution in [0.2, 0.25) is 0 Å². The first-order chi connectivity index (χ1) is 4.26. The van der Waals surface area contributed by atoms with Gasteiger partial charge in [0.1, 0.15) is 0 Å². The smallest absolute Gasteiger partial charge is 0.396 e. The van der Waals surface area contributed by atoms with Crippen LogP contribution in [0.25, 0.3) is 0 Å².